The zero-order valence-electron chi connectivity index (χ0n) is 14.9. The highest BCUT2D eigenvalue weighted by molar-refractivity contribution is 7.19. The van der Waals surface area contributed by atoms with Gasteiger partial charge in [-0.1, -0.05) is 0 Å². The van der Waals surface area contributed by atoms with E-state index in [1.807, 2.05) is 15.9 Å². The number of anilines is 1. The Morgan fingerprint density at radius 3 is 2.77 bits per heavy atom. The molecule has 6 nitrogen and oxygen atoms in total. The second-order valence-corrected chi connectivity index (χ2v) is 8.51. The normalized spacial score (nSPS) is 16.8. The summed E-state index contributed by atoms with van der Waals surface area (Å²) in [5, 5.41) is 12.7. The molecule has 7 heteroatoms. The van der Waals surface area contributed by atoms with Gasteiger partial charge in [0.05, 0.1) is 5.39 Å². The number of nitrogens with zero attached hydrogens (tertiary/aromatic N) is 5. The molecule has 0 saturated heterocycles. The quantitative estimate of drug-likeness (QED) is 0.640. The van der Waals surface area contributed by atoms with Crippen LogP contribution in [-0.4, -0.2) is 31.3 Å². The summed E-state index contributed by atoms with van der Waals surface area (Å²) in [6.45, 7) is 1.91. The zero-order valence-corrected chi connectivity index (χ0v) is 15.8. The van der Waals surface area contributed by atoms with Crippen LogP contribution in [0.15, 0.2) is 12.7 Å². The van der Waals surface area contributed by atoms with E-state index >= 15 is 0 Å². The Bertz CT molecular complexity index is 897. The van der Waals surface area contributed by atoms with Gasteiger partial charge in [0.2, 0.25) is 0 Å². The zero-order chi connectivity index (χ0) is 17.3. The van der Waals surface area contributed by atoms with Crippen molar-refractivity contribution in [1.82, 2.24) is 24.7 Å². The van der Waals surface area contributed by atoms with Gasteiger partial charge in [-0.25, -0.2) is 9.97 Å². The van der Waals surface area contributed by atoms with Crippen molar-refractivity contribution in [2.75, 3.05) is 11.9 Å². The van der Waals surface area contributed by atoms with Crippen LogP contribution in [0.1, 0.15) is 60.7 Å². The predicted molar refractivity (Wildman–Crippen MR) is 104 cm³/mol. The second kappa shape index (κ2) is 6.95. The predicted octanol–water partition coefficient (Wildman–Crippen LogP) is 3.93. The Kier molecular flexibility index (Phi) is 4.32. The average molecular weight is 369 g/mol. The van der Waals surface area contributed by atoms with Crippen molar-refractivity contribution in [2.24, 2.45) is 0 Å². The van der Waals surface area contributed by atoms with Crippen LogP contribution in [0.25, 0.3) is 10.2 Å². The third-order valence-electron chi connectivity index (χ3n) is 5.38. The van der Waals surface area contributed by atoms with Crippen molar-refractivity contribution in [3.63, 3.8) is 0 Å². The van der Waals surface area contributed by atoms with Gasteiger partial charge < -0.3 is 9.88 Å². The monoisotopic (exact) mass is 368 g/mol. The minimum absolute atomic E-state index is 0.591. The molecule has 2 aliphatic carbocycles. The van der Waals surface area contributed by atoms with Gasteiger partial charge in [0.25, 0.3) is 0 Å². The fourth-order valence-corrected chi connectivity index (χ4v) is 5.06. The first-order valence-corrected chi connectivity index (χ1v) is 10.6. The number of aromatic nitrogens is 5. The van der Waals surface area contributed by atoms with Crippen molar-refractivity contribution in [3.8, 4) is 0 Å². The Hall–Kier alpha value is -2.02. The summed E-state index contributed by atoms with van der Waals surface area (Å²) in [6, 6.07) is 0. The first kappa shape index (κ1) is 16.2. The standard InChI is InChI=1S/C19H24N6S/c1-2-6-15-14(5-1)16-18(20-9-3-4-10-25-11-21-22-12-25)23-17(13-7-8-13)24-19(16)26-15/h11-13H,1-10H2,(H,20,23,24). The van der Waals surface area contributed by atoms with Crippen LogP contribution in [0.3, 0.4) is 0 Å². The van der Waals surface area contributed by atoms with Crippen LogP contribution in [0, 0.1) is 0 Å². The molecule has 0 atom stereocenters. The van der Waals surface area contributed by atoms with Gasteiger partial charge in [-0.05, 0) is 56.9 Å². The van der Waals surface area contributed by atoms with Crippen molar-refractivity contribution in [1.29, 1.82) is 0 Å². The number of fused-ring (bicyclic) bond motifs is 3. The van der Waals surface area contributed by atoms with Gasteiger partial charge in [0, 0.05) is 23.9 Å². The maximum atomic E-state index is 4.95. The smallest absolute Gasteiger partial charge is 0.138 e. The van der Waals surface area contributed by atoms with E-state index in [9.17, 15) is 0 Å². The summed E-state index contributed by atoms with van der Waals surface area (Å²) in [4.78, 5) is 12.6. The lowest BCUT2D eigenvalue weighted by Crippen LogP contribution is -2.08. The van der Waals surface area contributed by atoms with E-state index in [0.29, 0.717) is 5.92 Å². The van der Waals surface area contributed by atoms with E-state index in [4.69, 9.17) is 9.97 Å². The number of nitrogens with one attached hydrogen (secondary N) is 1. The lowest BCUT2D eigenvalue weighted by molar-refractivity contribution is 0.619. The van der Waals surface area contributed by atoms with Gasteiger partial charge in [-0.2, -0.15) is 0 Å². The summed E-state index contributed by atoms with van der Waals surface area (Å²) < 4.78 is 2.03. The van der Waals surface area contributed by atoms with Gasteiger partial charge in [0.15, 0.2) is 0 Å². The summed E-state index contributed by atoms with van der Waals surface area (Å²) in [5.41, 5.74) is 1.52. The Balaban J connectivity index is 1.34. The molecule has 0 spiro atoms. The van der Waals surface area contributed by atoms with E-state index in [0.717, 1.165) is 37.6 Å². The molecule has 0 unspecified atom stereocenters. The lowest BCUT2D eigenvalue weighted by atomic mass is 9.97. The molecular weight excluding hydrogens is 344 g/mol. The van der Waals surface area contributed by atoms with Crippen molar-refractivity contribution >= 4 is 27.4 Å². The maximum Gasteiger partial charge on any atom is 0.138 e. The van der Waals surface area contributed by atoms with Gasteiger partial charge >= 0.3 is 0 Å². The Morgan fingerprint density at radius 2 is 1.92 bits per heavy atom. The highest BCUT2D eigenvalue weighted by atomic mass is 32.1. The fourth-order valence-electron chi connectivity index (χ4n) is 3.79. The van der Waals surface area contributed by atoms with Crippen LogP contribution in [0.4, 0.5) is 5.82 Å². The highest BCUT2D eigenvalue weighted by Gasteiger charge is 2.29. The summed E-state index contributed by atoms with van der Waals surface area (Å²) in [6.07, 6.45) is 13.3. The average Bonchev–Trinajstić information content (AvgIpc) is 3.25. The Labute approximate surface area is 157 Å². The maximum absolute atomic E-state index is 4.95. The van der Waals surface area contributed by atoms with Crippen molar-refractivity contribution in [3.05, 3.63) is 28.9 Å². The minimum atomic E-state index is 0.591. The molecule has 3 heterocycles. The van der Waals surface area contributed by atoms with Crippen LogP contribution in [0.2, 0.25) is 0 Å². The largest absolute Gasteiger partial charge is 0.369 e. The van der Waals surface area contributed by atoms with E-state index in [1.165, 1.54) is 54.3 Å². The summed E-state index contributed by atoms with van der Waals surface area (Å²) in [7, 11) is 0. The summed E-state index contributed by atoms with van der Waals surface area (Å²) >= 11 is 1.91. The van der Waals surface area contributed by atoms with Gasteiger partial charge in [-0.3, -0.25) is 0 Å². The van der Waals surface area contributed by atoms with E-state index in [2.05, 4.69) is 15.5 Å². The molecule has 3 aromatic heterocycles. The topological polar surface area (TPSA) is 68.5 Å². The number of unbranched alkanes of at least 4 members (excludes halogenated alkanes) is 1. The van der Waals surface area contributed by atoms with Crippen LogP contribution < -0.4 is 5.32 Å². The molecule has 1 N–H and O–H groups in total. The first-order chi connectivity index (χ1) is 12.9. The molecule has 136 valence electrons. The number of aryl methyl sites for hydroxylation is 3. The molecule has 2 aliphatic rings. The minimum Gasteiger partial charge on any atom is -0.369 e. The van der Waals surface area contributed by atoms with Crippen molar-refractivity contribution in [2.45, 2.75) is 63.8 Å². The molecule has 1 saturated carbocycles. The third kappa shape index (κ3) is 3.20. The number of hydrogen-bond donors (Lipinski definition) is 1. The van der Waals surface area contributed by atoms with Gasteiger partial charge in [0.1, 0.15) is 29.1 Å². The van der Waals surface area contributed by atoms with E-state index < -0.39 is 0 Å². The number of thiophene rings is 1. The molecular formula is C19H24N6S. The number of rotatable bonds is 7. The van der Waals surface area contributed by atoms with Crippen LogP contribution in [0.5, 0.6) is 0 Å². The van der Waals surface area contributed by atoms with Crippen LogP contribution >= 0.6 is 11.3 Å². The van der Waals surface area contributed by atoms with Crippen LogP contribution in [-0.2, 0) is 19.4 Å². The molecule has 0 bridgehead atoms. The van der Waals surface area contributed by atoms with E-state index in [1.54, 1.807) is 17.5 Å². The Morgan fingerprint density at radius 1 is 1.08 bits per heavy atom. The fraction of sp³-hybridized carbons (Fsp3) is 0.579. The molecule has 0 amide bonds. The highest BCUT2D eigenvalue weighted by Crippen LogP contribution is 2.43. The second-order valence-electron chi connectivity index (χ2n) is 7.43. The SMILES string of the molecule is c1nncn1CCCCNc1nc(C2CC2)nc2sc3c(c12)CCCC3. The third-order valence-corrected chi connectivity index (χ3v) is 6.56. The molecule has 0 radical (unpaired) electrons. The van der Waals surface area contributed by atoms with E-state index in [-0.39, 0.29) is 0 Å². The summed E-state index contributed by atoms with van der Waals surface area (Å²) in [5.74, 6) is 2.73. The molecule has 0 aromatic carbocycles. The first-order valence-electron chi connectivity index (χ1n) is 9.77. The molecule has 5 rings (SSSR count). The molecule has 1 fully saturated rings. The molecule has 26 heavy (non-hydrogen) atoms. The molecule has 0 aliphatic heterocycles. The van der Waals surface area contributed by atoms with Crippen molar-refractivity contribution < 1.29 is 0 Å². The number of hydrogen-bond acceptors (Lipinski definition) is 6. The molecule has 3 aromatic rings. The lowest BCUT2D eigenvalue weighted by Gasteiger charge is -2.13. The van der Waals surface area contributed by atoms with Gasteiger partial charge in [-0.15, -0.1) is 21.5 Å².